The zero-order chi connectivity index (χ0) is 21.3. The van der Waals surface area contributed by atoms with Crippen LogP contribution in [0, 0.1) is 6.92 Å². The summed E-state index contributed by atoms with van der Waals surface area (Å²) < 4.78 is 13.8. The van der Waals surface area contributed by atoms with Crippen molar-refractivity contribution in [2.45, 2.75) is 53.1 Å². The van der Waals surface area contributed by atoms with E-state index in [4.69, 9.17) is 9.47 Å². The van der Waals surface area contributed by atoms with Gasteiger partial charge in [0.25, 0.3) is 0 Å². The van der Waals surface area contributed by atoms with Crippen molar-refractivity contribution in [2.24, 2.45) is 0 Å². The average molecular weight is 409 g/mol. The second-order valence-corrected chi connectivity index (χ2v) is 8.13. The van der Waals surface area contributed by atoms with Crippen molar-refractivity contribution in [3.63, 3.8) is 0 Å². The first-order valence-electron chi connectivity index (χ1n) is 11.0. The van der Waals surface area contributed by atoms with Crippen LogP contribution in [0.5, 0.6) is 5.75 Å². The maximum absolute atomic E-state index is 5.76. The van der Waals surface area contributed by atoms with Crippen LogP contribution in [-0.4, -0.2) is 47.2 Å². The lowest BCUT2D eigenvalue weighted by Gasteiger charge is -2.32. The van der Waals surface area contributed by atoms with Gasteiger partial charge in [-0.05, 0) is 57.4 Å². The second-order valence-electron chi connectivity index (χ2n) is 8.13. The molecule has 1 aliphatic rings. The van der Waals surface area contributed by atoms with Crippen LogP contribution >= 0.6 is 0 Å². The molecule has 0 spiro atoms. The summed E-state index contributed by atoms with van der Waals surface area (Å²) >= 11 is 0. The fourth-order valence-electron chi connectivity index (χ4n) is 4.40. The summed E-state index contributed by atoms with van der Waals surface area (Å²) in [6.07, 6.45) is 3.16. The van der Waals surface area contributed by atoms with Gasteiger partial charge < -0.3 is 18.9 Å². The summed E-state index contributed by atoms with van der Waals surface area (Å²) in [6, 6.07) is 8.37. The van der Waals surface area contributed by atoms with Gasteiger partial charge in [-0.2, -0.15) is 5.10 Å². The average Bonchev–Trinajstić information content (AvgIpc) is 3.06. The van der Waals surface area contributed by atoms with E-state index in [0.29, 0.717) is 12.5 Å². The van der Waals surface area contributed by atoms with Crippen molar-refractivity contribution in [2.75, 3.05) is 31.2 Å². The molecule has 6 heteroatoms. The largest absolute Gasteiger partial charge is 0.494 e. The topological polar surface area (TPSA) is 52.4 Å². The van der Waals surface area contributed by atoms with Gasteiger partial charge in [0.1, 0.15) is 5.75 Å². The van der Waals surface area contributed by atoms with E-state index in [1.54, 1.807) is 0 Å². The number of benzene rings is 1. The minimum Gasteiger partial charge on any atom is -0.494 e. The highest BCUT2D eigenvalue weighted by molar-refractivity contribution is 5.97. The van der Waals surface area contributed by atoms with Crippen LogP contribution in [0.4, 0.5) is 5.82 Å². The van der Waals surface area contributed by atoms with Crippen molar-refractivity contribution < 1.29 is 9.47 Å². The first-order valence-corrected chi connectivity index (χ1v) is 11.0. The quantitative estimate of drug-likeness (QED) is 0.583. The van der Waals surface area contributed by atoms with Gasteiger partial charge in [0.2, 0.25) is 0 Å². The van der Waals surface area contributed by atoms with Crippen LogP contribution in [0.15, 0.2) is 30.5 Å². The van der Waals surface area contributed by atoms with E-state index < -0.39 is 0 Å². The third kappa shape index (κ3) is 3.65. The molecule has 4 rings (SSSR count). The van der Waals surface area contributed by atoms with Crippen LogP contribution in [-0.2, 0) is 4.74 Å². The Morgan fingerprint density at radius 1 is 1.23 bits per heavy atom. The standard InChI is InChI=1S/C24H32N4O2/c1-6-16(3)23-22-21(14-25-26-24(22)27-12-13-30-17(4)15-27)18(5)28(23)19-8-10-20(11-9-19)29-7-2/h8-11,14,16-17H,6-7,12-13,15H2,1-5H3. The summed E-state index contributed by atoms with van der Waals surface area (Å²) in [4.78, 5) is 2.33. The number of morpholine rings is 1. The predicted molar refractivity (Wildman–Crippen MR) is 121 cm³/mol. The molecule has 30 heavy (non-hydrogen) atoms. The Morgan fingerprint density at radius 3 is 2.67 bits per heavy atom. The van der Waals surface area contributed by atoms with Crippen LogP contribution in [0.25, 0.3) is 16.5 Å². The lowest BCUT2D eigenvalue weighted by atomic mass is 10.0. The summed E-state index contributed by atoms with van der Waals surface area (Å²) in [5, 5.41) is 11.4. The number of hydrogen-bond donors (Lipinski definition) is 0. The van der Waals surface area contributed by atoms with Crippen molar-refractivity contribution >= 4 is 16.6 Å². The van der Waals surface area contributed by atoms with Crippen molar-refractivity contribution in [3.8, 4) is 11.4 Å². The maximum Gasteiger partial charge on any atom is 0.161 e. The van der Waals surface area contributed by atoms with Crippen molar-refractivity contribution in [1.82, 2.24) is 14.8 Å². The summed E-state index contributed by atoms with van der Waals surface area (Å²) in [7, 11) is 0. The van der Waals surface area contributed by atoms with Crippen molar-refractivity contribution in [1.29, 1.82) is 0 Å². The highest BCUT2D eigenvalue weighted by Gasteiger charge is 2.27. The van der Waals surface area contributed by atoms with E-state index in [2.05, 4.69) is 59.5 Å². The molecule has 0 N–H and O–H groups in total. The van der Waals surface area contributed by atoms with E-state index in [-0.39, 0.29) is 6.10 Å². The lowest BCUT2D eigenvalue weighted by molar-refractivity contribution is 0.0530. The van der Waals surface area contributed by atoms with E-state index in [1.807, 2.05) is 25.3 Å². The SMILES string of the molecule is CCOc1ccc(-n2c(C)c3cnnc(N4CCOC(C)C4)c3c2C(C)CC)cc1. The third-order valence-electron chi connectivity index (χ3n) is 6.08. The molecule has 3 aromatic rings. The zero-order valence-corrected chi connectivity index (χ0v) is 18.7. The maximum atomic E-state index is 5.76. The summed E-state index contributed by atoms with van der Waals surface area (Å²) in [5.74, 6) is 2.26. The minimum absolute atomic E-state index is 0.192. The van der Waals surface area contributed by atoms with E-state index >= 15 is 0 Å². The zero-order valence-electron chi connectivity index (χ0n) is 18.7. The smallest absolute Gasteiger partial charge is 0.161 e. The fourth-order valence-corrected chi connectivity index (χ4v) is 4.40. The molecule has 0 amide bonds. The molecule has 2 atom stereocenters. The van der Waals surface area contributed by atoms with E-state index in [0.717, 1.165) is 43.4 Å². The van der Waals surface area contributed by atoms with E-state index in [9.17, 15) is 0 Å². The Kier molecular flexibility index (Phi) is 5.95. The molecule has 2 aromatic heterocycles. The Labute approximate surface area is 178 Å². The minimum atomic E-state index is 0.192. The van der Waals surface area contributed by atoms with Gasteiger partial charge in [-0.25, -0.2) is 0 Å². The lowest BCUT2D eigenvalue weighted by Crippen LogP contribution is -2.41. The molecule has 0 radical (unpaired) electrons. The molecule has 0 saturated carbocycles. The highest BCUT2D eigenvalue weighted by atomic mass is 16.5. The molecular weight excluding hydrogens is 376 g/mol. The van der Waals surface area contributed by atoms with Gasteiger partial charge in [-0.3, -0.25) is 0 Å². The Bertz CT molecular complexity index is 1010. The first-order chi connectivity index (χ1) is 14.5. The number of hydrogen-bond acceptors (Lipinski definition) is 5. The fraction of sp³-hybridized carbons (Fsp3) is 0.500. The molecule has 1 aromatic carbocycles. The number of aromatic nitrogens is 3. The molecule has 1 aliphatic heterocycles. The molecule has 160 valence electrons. The van der Waals surface area contributed by atoms with Crippen LogP contribution in [0.1, 0.15) is 51.4 Å². The number of rotatable bonds is 6. The number of ether oxygens (including phenoxy) is 2. The van der Waals surface area contributed by atoms with Gasteiger partial charge in [0.05, 0.1) is 25.5 Å². The van der Waals surface area contributed by atoms with Gasteiger partial charge in [0, 0.05) is 40.9 Å². The van der Waals surface area contributed by atoms with Crippen molar-refractivity contribution in [3.05, 3.63) is 41.9 Å². The Balaban J connectivity index is 1.92. The van der Waals surface area contributed by atoms with Crippen LogP contribution in [0.2, 0.25) is 0 Å². The van der Waals surface area contributed by atoms with Gasteiger partial charge >= 0.3 is 0 Å². The number of nitrogens with zero attached hydrogens (tertiary/aromatic N) is 4. The Hall–Kier alpha value is -2.60. The predicted octanol–water partition coefficient (Wildman–Crippen LogP) is 4.87. The van der Waals surface area contributed by atoms with Gasteiger partial charge in [0.15, 0.2) is 5.82 Å². The van der Waals surface area contributed by atoms with E-state index in [1.165, 1.54) is 22.2 Å². The number of aryl methyl sites for hydroxylation is 1. The molecule has 3 heterocycles. The molecule has 2 unspecified atom stereocenters. The van der Waals surface area contributed by atoms with Crippen LogP contribution in [0.3, 0.4) is 0 Å². The summed E-state index contributed by atoms with van der Waals surface area (Å²) in [5.41, 5.74) is 3.64. The molecule has 0 aliphatic carbocycles. The highest BCUT2D eigenvalue weighted by Crippen LogP contribution is 2.39. The first kappa shape index (κ1) is 20.7. The van der Waals surface area contributed by atoms with Gasteiger partial charge in [-0.1, -0.05) is 13.8 Å². The molecule has 1 saturated heterocycles. The van der Waals surface area contributed by atoms with Crippen LogP contribution < -0.4 is 9.64 Å². The normalized spacial score (nSPS) is 18.0. The molecular formula is C24H32N4O2. The van der Waals surface area contributed by atoms with Gasteiger partial charge in [-0.15, -0.1) is 5.10 Å². The number of fused-ring (bicyclic) bond motifs is 1. The number of anilines is 1. The molecule has 1 fully saturated rings. The Morgan fingerprint density at radius 2 is 2.00 bits per heavy atom. The third-order valence-corrected chi connectivity index (χ3v) is 6.08. The summed E-state index contributed by atoms with van der Waals surface area (Å²) in [6.45, 7) is 13.9. The second kappa shape index (κ2) is 8.64. The monoisotopic (exact) mass is 408 g/mol. The molecule has 0 bridgehead atoms. The molecule has 6 nitrogen and oxygen atoms in total.